The molecule has 0 saturated carbocycles. The second kappa shape index (κ2) is 7.24. The molecule has 0 spiro atoms. The van der Waals surface area contributed by atoms with Crippen LogP contribution in [0, 0.1) is 0 Å². The van der Waals surface area contributed by atoms with E-state index in [0.717, 1.165) is 22.2 Å². The van der Waals surface area contributed by atoms with Crippen molar-refractivity contribution in [3.8, 4) is 10.9 Å². The zero-order valence-electron chi connectivity index (χ0n) is 12.8. The van der Waals surface area contributed by atoms with E-state index in [0.29, 0.717) is 24.0 Å². The van der Waals surface area contributed by atoms with Crippen LogP contribution in [0.15, 0.2) is 48.5 Å². The van der Waals surface area contributed by atoms with Crippen molar-refractivity contribution in [3.05, 3.63) is 54.1 Å². The van der Waals surface area contributed by atoms with Gasteiger partial charge in [-0.3, -0.25) is 4.79 Å². The summed E-state index contributed by atoms with van der Waals surface area (Å²) in [5.41, 5.74) is 1.87. The first-order valence-corrected chi connectivity index (χ1v) is 8.34. The first-order chi connectivity index (χ1) is 11.2. The van der Waals surface area contributed by atoms with Crippen LogP contribution < -0.4 is 4.74 Å². The van der Waals surface area contributed by atoms with Crippen molar-refractivity contribution in [1.82, 2.24) is 4.98 Å². The molecule has 0 aliphatic rings. The summed E-state index contributed by atoms with van der Waals surface area (Å²) in [7, 11) is 0. The summed E-state index contributed by atoms with van der Waals surface area (Å²) < 4.78 is 12.1. The van der Waals surface area contributed by atoms with Crippen LogP contribution in [0.2, 0.25) is 0 Å². The maximum atomic E-state index is 11.4. The molecule has 0 unspecified atom stereocenters. The highest BCUT2D eigenvalue weighted by molar-refractivity contribution is 7.20. The SMILES string of the molecule is CCCC(=O)OCc1ccc(Oc2nc3ccccc3s2)cc1. The molecule has 0 N–H and O–H groups in total. The summed E-state index contributed by atoms with van der Waals surface area (Å²) in [5, 5.41) is 0.619. The van der Waals surface area contributed by atoms with Gasteiger partial charge >= 0.3 is 5.97 Å². The molecule has 4 nitrogen and oxygen atoms in total. The summed E-state index contributed by atoms with van der Waals surface area (Å²) in [6.45, 7) is 2.25. The molecular formula is C18H17NO3S. The van der Waals surface area contributed by atoms with Crippen LogP contribution in [-0.2, 0) is 16.1 Å². The van der Waals surface area contributed by atoms with Gasteiger partial charge in [0.1, 0.15) is 12.4 Å². The number of fused-ring (bicyclic) bond motifs is 1. The Morgan fingerprint density at radius 2 is 1.91 bits per heavy atom. The van der Waals surface area contributed by atoms with E-state index in [1.807, 2.05) is 55.5 Å². The van der Waals surface area contributed by atoms with E-state index < -0.39 is 0 Å². The molecule has 1 aromatic heterocycles. The molecule has 0 radical (unpaired) electrons. The van der Waals surface area contributed by atoms with E-state index >= 15 is 0 Å². The van der Waals surface area contributed by atoms with Gasteiger partial charge in [-0.2, -0.15) is 0 Å². The Labute approximate surface area is 138 Å². The molecule has 5 heteroatoms. The highest BCUT2D eigenvalue weighted by Gasteiger charge is 2.06. The summed E-state index contributed by atoms with van der Waals surface area (Å²) in [4.78, 5) is 15.8. The lowest BCUT2D eigenvalue weighted by molar-refractivity contribution is -0.144. The number of esters is 1. The van der Waals surface area contributed by atoms with Crippen LogP contribution in [-0.4, -0.2) is 11.0 Å². The van der Waals surface area contributed by atoms with E-state index in [1.54, 1.807) is 0 Å². The number of para-hydroxylation sites is 1. The molecule has 0 aliphatic carbocycles. The molecule has 0 fully saturated rings. The summed E-state index contributed by atoms with van der Waals surface area (Å²) in [6.07, 6.45) is 1.26. The van der Waals surface area contributed by atoms with Gasteiger partial charge in [0.15, 0.2) is 0 Å². The van der Waals surface area contributed by atoms with Gasteiger partial charge in [0.2, 0.25) is 0 Å². The van der Waals surface area contributed by atoms with Crippen LogP contribution in [0.25, 0.3) is 10.2 Å². The number of ether oxygens (including phenoxy) is 2. The fourth-order valence-electron chi connectivity index (χ4n) is 2.09. The smallest absolute Gasteiger partial charge is 0.306 e. The van der Waals surface area contributed by atoms with Crippen molar-refractivity contribution in [1.29, 1.82) is 0 Å². The van der Waals surface area contributed by atoms with Crippen molar-refractivity contribution < 1.29 is 14.3 Å². The average molecular weight is 327 g/mol. The molecule has 2 aromatic carbocycles. The zero-order chi connectivity index (χ0) is 16.1. The number of benzene rings is 2. The van der Waals surface area contributed by atoms with Crippen LogP contribution in [0.3, 0.4) is 0 Å². The zero-order valence-corrected chi connectivity index (χ0v) is 13.6. The maximum Gasteiger partial charge on any atom is 0.306 e. The highest BCUT2D eigenvalue weighted by Crippen LogP contribution is 2.31. The van der Waals surface area contributed by atoms with Crippen LogP contribution in [0.4, 0.5) is 0 Å². The minimum absolute atomic E-state index is 0.165. The van der Waals surface area contributed by atoms with Gasteiger partial charge in [-0.15, -0.1) is 0 Å². The van der Waals surface area contributed by atoms with Gasteiger partial charge < -0.3 is 9.47 Å². The van der Waals surface area contributed by atoms with Crippen molar-refractivity contribution in [2.75, 3.05) is 0 Å². The first kappa shape index (κ1) is 15.5. The molecule has 1 heterocycles. The fraction of sp³-hybridized carbons (Fsp3) is 0.222. The number of rotatable bonds is 6. The number of thiazole rings is 1. The minimum atomic E-state index is -0.165. The molecule has 118 valence electrons. The van der Waals surface area contributed by atoms with Crippen molar-refractivity contribution in [3.63, 3.8) is 0 Å². The van der Waals surface area contributed by atoms with Crippen molar-refractivity contribution in [2.45, 2.75) is 26.4 Å². The predicted molar refractivity (Wildman–Crippen MR) is 90.8 cm³/mol. The van der Waals surface area contributed by atoms with E-state index in [-0.39, 0.29) is 5.97 Å². The van der Waals surface area contributed by atoms with Gasteiger partial charge in [0.25, 0.3) is 5.19 Å². The second-order valence-corrected chi connectivity index (χ2v) is 6.10. The average Bonchev–Trinajstić information content (AvgIpc) is 2.97. The Bertz CT molecular complexity index is 762. The third-order valence-electron chi connectivity index (χ3n) is 3.26. The molecule has 0 bridgehead atoms. The fourth-order valence-corrected chi connectivity index (χ4v) is 2.92. The molecule has 3 rings (SSSR count). The van der Waals surface area contributed by atoms with Crippen LogP contribution in [0.1, 0.15) is 25.3 Å². The van der Waals surface area contributed by atoms with Gasteiger partial charge in [-0.1, -0.05) is 42.5 Å². The molecule has 0 amide bonds. The maximum absolute atomic E-state index is 11.4. The third-order valence-corrected chi connectivity index (χ3v) is 4.17. The molecule has 0 saturated heterocycles. The normalized spacial score (nSPS) is 10.7. The second-order valence-electron chi connectivity index (χ2n) is 5.10. The molecular weight excluding hydrogens is 310 g/mol. The number of carbonyl (C=O) groups is 1. The Kier molecular flexibility index (Phi) is 4.88. The lowest BCUT2D eigenvalue weighted by Gasteiger charge is -2.05. The quantitative estimate of drug-likeness (QED) is 0.602. The monoisotopic (exact) mass is 327 g/mol. The summed E-state index contributed by atoms with van der Waals surface area (Å²) >= 11 is 1.51. The lowest BCUT2D eigenvalue weighted by Crippen LogP contribution is -2.03. The van der Waals surface area contributed by atoms with Crippen LogP contribution in [0.5, 0.6) is 10.9 Å². The van der Waals surface area contributed by atoms with Gasteiger partial charge in [0.05, 0.1) is 10.2 Å². The van der Waals surface area contributed by atoms with Gasteiger partial charge in [-0.25, -0.2) is 4.98 Å². The largest absolute Gasteiger partial charge is 0.461 e. The van der Waals surface area contributed by atoms with E-state index in [4.69, 9.17) is 9.47 Å². The Morgan fingerprint density at radius 3 is 2.65 bits per heavy atom. The number of nitrogens with zero attached hydrogens (tertiary/aromatic N) is 1. The molecule has 0 atom stereocenters. The Morgan fingerprint density at radius 1 is 1.13 bits per heavy atom. The van der Waals surface area contributed by atoms with Crippen molar-refractivity contribution in [2.24, 2.45) is 0 Å². The molecule has 23 heavy (non-hydrogen) atoms. The Hall–Kier alpha value is -2.40. The van der Waals surface area contributed by atoms with Gasteiger partial charge in [-0.05, 0) is 36.2 Å². The van der Waals surface area contributed by atoms with Crippen LogP contribution >= 0.6 is 11.3 Å². The Balaban J connectivity index is 1.61. The topological polar surface area (TPSA) is 48.4 Å². The number of hydrogen-bond acceptors (Lipinski definition) is 5. The standard InChI is InChI=1S/C18H17NO3S/c1-2-5-17(20)21-12-13-8-10-14(11-9-13)22-18-19-15-6-3-4-7-16(15)23-18/h3-4,6-11H,2,5,12H2,1H3. The molecule has 3 aromatic rings. The molecule has 0 aliphatic heterocycles. The van der Waals surface area contributed by atoms with E-state index in [9.17, 15) is 4.79 Å². The number of carbonyl (C=O) groups excluding carboxylic acids is 1. The minimum Gasteiger partial charge on any atom is -0.461 e. The number of hydrogen-bond donors (Lipinski definition) is 0. The summed E-state index contributed by atoms with van der Waals surface area (Å²) in [6, 6.07) is 15.4. The van der Waals surface area contributed by atoms with Crippen molar-refractivity contribution >= 4 is 27.5 Å². The lowest BCUT2D eigenvalue weighted by atomic mass is 10.2. The summed E-state index contributed by atoms with van der Waals surface area (Å²) in [5.74, 6) is 0.551. The predicted octanol–water partition coefficient (Wildman–Crippen LogP) is 4.93. The number of aromatic nitrogens is 1. The highest BCUT2D eigenvalue weighted by atomic mass is 32.1. The third kappa shape index (κ3) is 4.07. The van der Waals surface area contributed by atoms with E-state index in [2.05, 4.69) is 4.98 Å². The first-order valence-electron chi connectivity index (χ1n) is 7.52. The van der Waals surface area contributed by atoms with Gasteiger partial charge in [0, 0.05) is 6.42 Å². The van der Waals surface area contributed by atoms with E-state index in [1.165, 1.54) is 11.3 Å².